The number of carbonyl (C=O) groups is 1. The minimum atomic E-state index is -3.66. The zero-order valence-corrected chi connectivity index (χ0v) is 15.3. The smallest absolute Gasteiger partial charge is 0.339 e. The third-order valence-electron chi connectivity index (χ3n) is 3.35. The molecule has 0 aliphatic carbocycles. The van der Waals surface area contributed by atoms with Crippen LogP contribution >= 0.6 is 0 Å². The molecule has 0 saturated carbocycles. The van der Waals surface area contributed by atoms with Gasteiger partial charge >= 0.3 is 5.97 Å². The summed E-state index contributed by atoms with van der Waals surface area (Å²) in [6, 6.07) is 11.1. The lowest BCUT2D eigenvalue weighted by molar-refractivity contribution is 0.0693. The van der Waals surface area contributed by atoms with Gasteiger partial charge in [0.1, 0.15) is 11.3 Å². The fraction of sp³-hybridized carbons (Fsp3) is 0.278. The van der Waals surface area contributed by atoms with Gasteiger partial charge in [0.05, 0.1) is 12.0 Å². The van der Waals surface area contributed by atoms with E-state index in [9.17, 15) is 13.2 Å². The predicted octanol–water partition coefficient (Wildman–Crippen LogP) is 3.14. The van der Waals surface area contributed by atoms with E-state index in [-0.39, 0.29) is 16.2 Å². The van der Waals surface area contributed by atoms with E-state index < -0.39 is 21.5 Å². The molecule has 2 aromatic rings. The van der Waals surface area contributed by atoms with E-state index >= 15 is 0 Å². The van der Waals surface area contributed by atoms with Crippen molar-refractivity contribution in [3.8, 4) is 16.9 Å². The summed E-state index contributed by atoms with van der Waals surface area (Å²) >= 11 is 0. The quantitative estimate of drug-likeness (QED) is 0.851. The Morgan fingerprint density at radius 3 is 2.28 bits per heavy atom. The van der Waals surface area contributed by atoms with Crippen LogP contribution in [0.1, 0.15) is 31.1 Å². The molecule has 0 aliphatic heterocycles. The Morgan fingerprint density at radius 1 is 1.08 bits per heavy atom. The fourth-order valence-electron chi connectivity index (χ4n) is 2.35. The van der Waals surface area contributed by atoms with Crippen molar-refractivity contribution in [2.45, 2.75) is 31.2 Å². The lowest BCUT2D eigenvalue weighted by atomic mass is 10.0. The Kier molecular flexibility index (Phi) is 5.20. The number of aromatic carboxylic acids is 1. The number of methoxy groups -OCH3 is 1. The second-order valence-electron chi connectivity index (χ2n) is 6.60. The van der Waals surface area contributed by atoms with Crippen molar-refractivity contribution in [3.63, 3.8) is 0 Å². The molecule has 0 radical (unpaired) electrons. The Labute approximate surface area is 147 Å². The maximum Gasteiger partial charge on any atom is 0.339 e. The van der Waals surface area contributed by atoms with Crippen molar-refractivity contribution in [2.24, 2.45) is 0 Å². The first kappa shape index (κ1) is 19.0. The van der Waals surface area contributed by atoms with Gasteiger partial charge in [0, 0.05) is 5.54 Å². The van der Waals surface area contributed by atoms with Gasteiger partial charge in [-0.05, 0) is 56.2 Å². The second-order valence-corrected chi connectivity index (χ2v) is 8.29. The van der Waals surface area contributed by atoms with Crippen molar-refractivity contribution in [2.75, 3.05) is 7.11 Å². The second kappa shape index (κ2) is 6.85. The lowest BCUT2D eigenvalue weighted by Crippen LogP contribution is -2.40. The monoisotopic (exact) mass is 363 g/mol. The molecule has 2 N–H and O–H groups in total. The minimum Gasteiger partial charge on any atom is -0.496 e. The molecule has 0 aromatic heterocycles. The van der Waals surface area contributed by atoms with Crippen molar-refractivity contribution < 1.29 is 23.1 Å². The fourth-order valence-corrected chi connectivity index (χ4v) is 3.82. The highest BCUT2D eigenvalue weighted by atomic mass is 32.2. The molecule has 0 spiro atoms. The number of nitrogens with one attached hydrogen (secondary N) is 1. The normalized spacial score (nSPS) is 12.0. The standard InChI is InChI=1S/C18H21NO5S/c1-18(2,3)19-25(22,23)14-7-5-6-12(10-14)13-8-9-15(17(20)21)16(11-13)24-4/h5-11,19H,1-4H3,(H,20,21). The first-order valence-electron chi connectivity index (χ1n) is 7.59. The van der Waals surface area contributed by atoms with Gasteiger partial charge in [-0.2, -0.15) is 0 Å². The van der Waals surface area contributed by atoms with Crippen LogP contribution < -0.4 is 9.46 Å². The number of carboxylic acids is 1. The van der Waals surface area contributed by atoms with Crippen LogP contribution in [0.4, 0.5) is 0 Å². The zero-order chi connectivity index (χ0) is 18.8. The molecule has 0 bridgehead atoms. The summed E-state index contributed by atoms with van der Waals surface area (Å²) in [6.45, 7) is 5.30. The third-order valence-corrected chi connectivity index (χ3v) is 5.11. The van der Waals surface area contributed by atoms with E-state index in [0.29, 0.717) is 11.1 Å². The molecule has 134 valence electrons. The number of rotatable bonds is 5. The Balaban J connectivity index is 2.48. The predicted molar refractivity (Wildman–Crippen MR) is 95.5 cm³/mol. The molecule has 25 heavy (non-hydrogen) atoms. The summed E-state index contributed by atoms with van der Waals surface area (Å²) < 4.78 is 32.7. The molecule has 6 nitrogen and oxygen atoms in total. The maximum atomic E-state index is 12.5. The average molecular weight is 363 g/mol. The molecule has 0 atom stereocenters. The van der Waals surface area contributed by atoms with Gasteiger partial charge in [-0.1, -0.05) is 18.2 Å². The van der Waals surface area contributed by atoms with Gasteiger partial charge in [-0.25, -0.2) is 17.9 Å². The first-order valence-corrected chi connectivity index (χ1v) is 9.07. The molecular formula is C18H21NO5S. The molecule has 0 aliphatic rings. The van der Waals surface area contributed by atoms with Crippen molar-refractivity contribution in [3.05, 3.63) is 48.0 Å². The highest BCUT2D eigenvalue weighted by molar-refractivity contribution is 7.89. The van der Waals surface area contributed by atoms with Crippen LogP contribution in [-0.4, -0.2) is 32.1 Å². The summed E-state index contributed by atoms with van der Waals surface area (Å²) in [6.07, 6.45) is 0. The molecule has 0 fully saturated rings. The van der Waals surface area contributed by atoms with Gasteiger partial charge in [0.2, 0.25) is 10.0 Å². The van der Waals surface area contributed by atoms with Crippen LogP contribution in [0.2, 0.25) is 0 Å². The van der Waals surface area contributed by atoms with Gasteiger partial charge in [0.15, 0.2) is 0 Å². The maximum absolute atomic E-state index is 12.5. The van der Waals surface area contributed by atoms with Crippen LogP contribution in [0.5, 0.6) is 5.75 Å². The van der Waals surface area contributed by atoms with Gasteiger partial charge < -0.3 is 9.84 Å². The van der Waals surface area contributed by atoms with E-state index in [1.807, 2.05) is 0 Å². The number of hydrogen-bond acceptors (Lipinski definition) is 4. The Bertz CT molecular complexity index is 898. The summed E-state index contributed by atoms with van der Waals surface area (Å²) in [5, 5.41) is 9.15. The molecule has 0 saturated heterocycles. The van der Waals surface area contributed by atoms with Crippen LogP contribution in [0.3, 0.4) is 0 Å². The SMILES string of the molecule is COc1cc(-c2cccc(S(=O)(=O)NC(C)(C)C)c2)ccc1C(=O)O. The Hall–Kier alpha value is -2.38. The number of benzene rings is 2. The zero-order valence-electron chi connectivity index (χ0n) is 14.5. The molecule has 0 amide bonds. The van der Waals surface area contributed by atoms with E-state index in [1.54, 1.807) is 51.1 Å². The molecule has 0 unspecified atom stereocenters. The number of ether oxygens (including phenoxy) is 1. The van der Waals surface area contributed by atoms with Crippen LogP contribution in [0.15, 0.2) is 47.4 Å². The molecular weight excluding hydrogens is 342 g/mol. The molecule has 0 heterocycles. The van der Waals surface area contributed by atoms with Crippen LogP contribution in [0.25, 0.3) is 11.1 Å². The van der Waals surface area contributed by atoms with Gasteiger partial charge in [0.25, 0.3) is 0 Å². The highest BCUT2D eigenvalue weighted by Gasteiger charge is 2.22. The van der Waals surface area contributed by atoms with Gasteiger partial charge in [-0.15, -0.1) is 0 Å². The first-order chi connectivity index (χ1) is 11.5. The molecule has 7 heteroatoms. The van der Waals surface area contributed by atoms with E-state index in [1.165, 1.54) is 19.2 Å². The van der Waals surface area contributed by atoms with E-state index in [0.717, 1.165) is 0 Å². The van der Waals surface area contributed by atoms with Crippen LogP contribution in [0, 0.1) is 0 Å². The minimum absolute atomic E-state index is 0.0458. The third kappa shape index (κ3) is 4.58. The summed E-state index contributed by atoms with van der Waals surface area (Å²) in [4.78, 5) is 11.3. The molecule has 2 rings (SSSR count). The Morgan fingerprint density at radius 2 is 1.72 bits per heavy atom. The highest BCUT2D eigenvalue weighted by Crippen LogP contribution is 2.29. The lowest BCUT2D eigenvalue weighted by Gasteiger charge is -2.20. The van der Waals surface area contributed by atoms with Crippen molar-refractivity contribution in [1.82, 2.24) is 4.72 Å². The summed E-state index contributed by atoms with van der Waals surface area (Å²) in [5.41, 5.74) is 0.757. The summed E-state index contributed by atoms with van der Waals surface area (Å²) in [7, 11) is -2.27. The van der Waals surface area contributed by atoms with Crippen LogP contribution in [-0.2, 0) is 10.0 Å². The molecule has 2 aromatic carbocycles. The number of carboxylic acid groups (broad SMARTS) is 1. The van der Waals surface area contributed by atoms with Gasteiger partial charge in [-0.3, -0.25) is 0 Å². The number of hydrogen-bond donors (Lipinski definition) is 2. The summed E-state index contributed by atoms with van der Waals surface area (Å²) in [5.74, 6) is -0.875. The number of sulfonamides is 1. The average Bonchev–Trinajstić information content (AvgIpc) is 2.52. The largest absolute Gasteiger partial charge is 0.496 e. The van der Waals surface area contributed by atoms with E-state index in [4.69, 9.17) is 9.84 Å². The van der Waals surface area contributed by atoms with Crippen molar-refractivity contribution in [1.29, 1.82) is 0 Å². The van der Waals surface area contributed by atoms with E-state index in [2.05, 4.69) is 4.72 Å². The topological polar surface area (TPSA) is 92.7 Å². The van der Waals surface area contributed by atoms with Crippen molar-refractivity contribution >= 4 is 16.0 Å².